The Hall–Kier alpha value is -3.41. The van der Waals surface area contributed by atoms with Gasteiger partial charge in [0, 0.05) is 37.0 Å². The van der Waals surface area contributed by atoms with Gasteiger partial charge < -0.3 is 20.1 Å². The molecule has 0 unspecified atom stereocenters. The first-order valence-electron chi connectivity index (χ1n) is 12.4. The summed E-state index contributed by atoms with van der Waals surface area (Å²) in [7, 11) is 1.87. The van der Waals surface area contributed by atoms with Gasteiger partial charge in [0.05, 0.1) is 40.9 Å². The summed E-state index contributed by atoms with van der Waals surface area (Å²) < 4.78 is 52.8. The summed E-state index contributed by atoms with van der Waals surface area (Å²) in [5, 5.41) is 0. The van der Waals surface area contributed by atoms with Crippen LogP contribution >= 0.6 is 0 Å². The fourth-order valence-electron chi connectivity index (χ4n) is 6.19. The van der Waals surface area contributed by atoms with Crippen molar-refractivity contribution in [2.45, 2.75) is 51.5 Å². The molecule has 9 nitrogen and oxygen atoms in total. The van der Waals surface area contributed by atoms with Crippen LogP contribution in [0.2, 0.25) is 0 Å². The number of imide groups is 1. The van der Waals surface area contributed by atoms with Crippen LogP contribution in [0.25, 0.3) is 0 Å². The molecule has 0 saturated carbocycles. The normalized spacial score (nSPS) is 30.2. The lowest BCUT2D eigenvalue weighted by Gasteiger charge is -2.35. The number of benzene rings is 1. The molecular formula is C26H30F3N5O4. The smallest absolute Gasteiger partial charge is 0.418 e. The van der Waals surface area contributed by atoms with Gasteiger partial charge in [-0.15, -0.1) is 0 Å². The first-order valence-corrected chi connectivity index (χ1v) is 12.4. The zero-order valence-corrected chi connectivity index (χ0v) is 21.8. The third-order valence-electron chi connectivity index (χ3n) is 8.16. The first kappa shape index (κ1) is 26.2. The maximum absolute atomic E-state index is 13.6. The van der Waals surface area contributed by atoms with Gasteiger partial charge in [-0.25, -0.2) is 9.88 Å². The van der Waals surface area contributed by atoms with E-state index in [-0.39, 0.29) is 18.2 Å². The van der Waals surface area contributed by atoms with Crippen LogP contribution in [0.3, 0.4) is 0 Å². The minimum atomic E-state index is -4.73. The molecule has 0 aliphatic carbocycles. The Balaban J connectivity index is 1.41. The Morgan fingerprint density at radius 1 is 1.18 bits per heavy atom. The lowest BCUT2D eigenvalue weighted by atomic mass is 9.64. The molecule has 3 saturated heterocycles. The van der Waals surface area contributed by atoms with Gasteiger partial charge >= 0.3 is 6.18 Å². The van der Waals surface area contributed by atoms with Crippen molar-refractivity contribution in [2.24, 2.45) is 17.8 Å². The highest BCUT2D eigenvalue weighted by Crippen LogP contribution is 2.63. The van der Waals surface area contributed by atoms with Crippen LogP contribution in [-0.2, 0) is 20.5 Å². The van der Waals surface area contributed by atoms with Crippen LogP contribution in [0.1, 0.15) is 38.4 Å². The monoisotopic (exact) mass is 533 g/mol. The maximum Gasteiger partial charge on any atom is 0.418 e. The number of nitrogens with two attached hydrogens (primary N) is 1. The number of carbonyl (C=O) groups is 2. The van der Waals surface area contributed by atoms with Crippen molar-refractivity contribution in [3.63, 3.8) is 0 Å². The van der Waals surface area contributed by atoms with Crippen molar-refractivity contribution in [1.29, 1.82) is 0 Å². The van der Waals surface area contributed by atoms with Crippen LogP contribution in [0, 0.1) is 24.7 Å². The van der Waals surface area contributed by atoms with Crippen LogP contribution < -0.4 is 20.3 Å². The lowest BCUT2D eigenvalue weighted by Crippen LogP contribution is -2.48. The molecule has 12 heteroatoms. The third-order valence-corrected chi connectivity index (χ3v) is 8.16. The second kappa shape index (κ2) is 8.55. The Kier molecular flexibility index (Phi) is 5.90. The van der Waals surface area contributed by atoms with Crippen LogP contribution in [0.15, 0.2) is 24.3 Å². The van der Waals surface area contributed by atoms with E-state index in [4.69, 9.17) is 15.2 Å². The number of amides is 2. The fourth-order valence-corrected chi connectivity index (χ4v) is 6.19. The minimum absolute atomic E-state index is 0.153. The average Bonchev–Trinajstić information content (AvgIpc) is 3.36. The molecule has 38 heavy (non-hydrogen) atoms. The van der Waals surface area contributed by atoms with Crippen LogP contribution in [0.4, 0.5) is 30.5 Å². The number of alkyl halides is 3. The number of nitrogens with zero attached hydrogens (tertiary/aromatic N) is 4. The van der Waals surface area contributed by atoms with Gasteiger partial charge in [0.25, 0.3) is 0 Å². The molecule has 1 aromatic heterocycles. The molecule has 0 spiro atoms. The number of rotatable bonds is 6. The molecule has 3 aliphatic rings. The lowest BCUT2D eigenvalue weighted by molar-refractivity contribution is -0.137. The quantitative estimate of drug-likeness (QED) is 0.443. The average molecular weight is 534 g/mol. The van der Waals surface area contributed by atoms with Gasteiger partial charge in [-0.2, -0.15) is 18.2 Å². The molecule has 204 valence electrons. The summed E-state index contributed by atoms with van der Waals surface area (Å²) in [6.45, 7) is 8.27. The SMILES string of the molecule is CCN(C)c1nc(C)cc(OC[C@@H]2C[C@@]3(C)O[C@]2(C)[C@@H]2C(=O)N(c4ccc(N)c(C(F)(F)F)c4)C(=O)[C@@H]23)n1. The van der Waals surface area contributed by atoms with E-state index in [1.165, 1.54) is 6.07 Å². The predicted molar refractivity (Wildman–Crippen MR) is 133 cm³/mol. The number of hydrogen-bond acceptors (Lipinski definition) is 8. The van der Waals surface area contributed by atoms with E-state index in [1.807, 2.05) is 25.8 Å². The summed E-state index contributed by atoms with van der Waals surface area (Å²) in [6.07, 6.45) is -4.28. The van der Waals surface area contributed by atoms with Crippen LogP contribution in [-0.4, -0.2) is 53.2 Å². The number of ether oxygens (including phenoxy) is 2. The van der Waals surface area contributed by atoms with Gasteiger partial charge in [0.15, 0.2) is 0 Å². The molecule has 2 amide bonds. The fraction of sp³-hybridized carbons (Fsp3) is 0.538. The van der Waals surface area contributed by atoms with E-state index in [1.54, 1.807) is 19.9 Å². The number of carbonyl (C=O) groups excluding carboxylic acids is 2. The van der Waals surface area contributed by atoms with Crippen molar-refractivity contribution >= 4 is 29.1 Å². The summed E-state index contributed by atoms with van der Waals surface area (Å²) in [5.41, 5.74) is 2.52. The van der Waals surface area contributed by atoms with E-state index in [0.717, 1.165) is 22.7 Å². The number of halogens is 3. The number of aromatic nitrogens is 2. The molecule has 1 aromatic carbocycles. The Morgan fingerprint density at radius 2 is 1.87 bits per heavy atom. The van der Waals surface area contributed by atoms with E-state index >= 15 is 0 Å². The number of hydrogen-bond donors (Lipinski definition) is 1. The molecule has 2 bridgehead atoms. The van der Waals surface area contributed by atoms with Gasteiger partial charge in [0.1, 0.15) is 0 Å². The van der Waals surface area contributed by atoms with Gasteiger partial charge in [-0.3, -0.25) is 9.59 Å². The highest BCUT2D eigenvalue weighted by Gasteiger charge is 2.75. The van der Waals surface area contributed by atoms with E-state index in [9.17, 15) is 22.8 Å². The largest absolute Gasteiger partial charge is 0.477 e. The second-order valence-corrected chi connectivity index (χ2v) is 10.7. The predicted octanol–water partition coefficient (Wildman–Crippen LogP) is 3.59. The van der Waals surface area contributed by atoms with Crippen molar-refractivity contribution in [3.8, 4) is 5.88 Å². The summed E-state index contributed by atoms with van der Waals surface area (Å²) in [5.74, 6) is -2.17. The van der Waals surface area contributed by atoms with Crippen molar-refractivity contribution in [3.05, 3.63) is 35.5 Å². The Bertz CT molecular complexity index is 1320. The van der Waals surface area contributed by atoms with E-state index in [2.05, 4.69) is 9.97 Å². The number of nitrogen functional groups attached to an aromatic ring is 1. The van der Waals surface area contributed by atoms with Crippen molar-refractivity contribution in [2.75, 3.05) is 35.7 Å². The summed E-state index contributed by atoms with van der Waals surface area (Å²) >= 11 is 0. The third kappa shape index (κ3) is 3.88. The standard InChI is InChI=1S/C26H30F3N5O4/c1-6-33(5)23-31-13(2)9-18(32-23)37-12-14-11-24(3)19-20(25(14,4)38-24)22(36)34(21(19)35)15-7-8-17(30)16(10-15)26(27,28)29/h7-10,14,19-20H,6,11-12,30H2,1-5H3/t14-,19+,20-,24+,25-/m0/s1. The number of fused-ring (bicyclic) bond motifs is 5. The summed E-state index contributed by atoms with van der Waals surface area (Å²) in [4.78, 5) is 38.8. The highest BCUT2D eigenvalue weighted by atomic mass is 19.4. The summed E-state index contributed by atoms with van der Waals surface area (Å²) in [6, 6.07) is 4.80. The maximum atomic E-state index is 13.6. The van der Waals surface area contributed by atoms with Gasteiger partial charge in [-0.05, 0) is 52.3 Å². The molecule has 3 aliphatic heterocycles. The topological polar surface area (TPSA) is 111 Å². The molecule has 5 rings (SSSR count). The van der Waals surface area contributed by atoms with Crippen molar-refractivity contribution in [1.82, 2.24) is 9.97 Å². The van der Waals surface area contributed by atoms with Crippen molar-refractivity contribution < 1.29 is 32.2 Å². The van der Waals surface area contributed by atoms with E-state index in [0.29, 0.717) is 24.8 Å². The molecular weight excluding hydrogens is 503 g/mol. The Labute approximate surface area is 218 Å². The zero-order valence-electron chi connectivity index (χ0n) is 21.8. The molecule has 4 heterocycles. The van der Waals surface area contributed by atoms with E-state index < -0.39 is 52.3 Å². The number of aryl methyl sites for hydroxylation is 1. The highest BCUT2D eigenvalue weighted by molar-refractivity contribution is 6.23. The van der Waals surface area contributed by atoms with Crippen LogP contribution in [0.5, 0.6) is 5.88 Å². The molecule has 3 fully saturated rings. The minimum Gasteiger partial charge on any atom is -0.477 e. The number of anilines is 3. The first-order chi connectivity index (χ1) is 17.7. The Morgan fingerprint density at radius 3 is 2.53 bits per heavy atom. The second-order valence-electron chi connectivity index (χ2n) is 10.7. The molecule has 2 N–H and O–H groups in total. The van der Waals surface area contributed by atoms with Gasteiger partial charge in [-0.1, -0.05) is 0 Å². The molecule has 0 radical (unpaired) electrons. The zero-order chi connectivity index (χ0) is 27.8. The van der Waals surface area contributed by atoms with Gasteiger partial charge in [0.2, 0.25) is 23.6 Å². The molecule has 2 aromatic rings. The molecule has 5 atom stereocenters.